The van der Waals surface area contributed by atoms with E-state index in [4.69, 9.17) is 15.8 Å². The van der Waals surface area contributed by atoms with Crippen molar-refractivity contribution >= 4 is 5.91 Å². The Morgan fingerprint density at radius 3 is 3.15 bits per heavy atom. The van der Waals surface area contributed by atoms with Gasteiger partial charge in [-0.25, -0.2) is 0 Å². The van der Waals surface area contributed by atoms with Crippen LogP contribution in [0.2, 0.25) is 0 Å². The average Bonchev–Trinajstić information content (AvgIpc) is 2.52. The highest BCUT2D eigenvalue weighted by Gasteiger charge is 2.24. The summed E-state index contributed by atoms with van der Waals surface area (Å²) < 4.78 is 0. The molecule has 13 heavy (non-hydrogen) atoms. The van der Waals surface area contributed by atoms with Gasteiger partial charge in [0.15, 0.2) is 0 Å². The normalized spacial score (nSPS) is 27.0. The first-order chi connectivity index (χ1) is 6.22. The van der Waals surface area contributed by atoms with Crippen molar-refractivity contribution in [2.75, 3.05) is 13.1 Å². The summed E-state index contributed by atoms with van der Waals surface area (Å²) in [4.78, 5) is 15.4. The van der Waals surface area contributed by atoms with E-state index in [1.165, 1.54) is 0 Å². The summed E-state index contributed by atoms with van der Waals surface area (Å²) in [6, 6.07) is 1.93. The molecule has 0 radical (unpaired) electrons. The van der Waals surface area contributed by atoms with Gasteiger partial charge < -0.3 is 5.73 Å². The molecule has 0 bridgehead atoms. The van der Waals surface area contributed by atoms with Crippen LogP contribution in [0, 0.1) is 11.3 Å². The van der Waals surface area contributed by atoms with Gasteiger partial charge in [-0.15, -0.1) is 0 Å². The highest BCUT2D eigenvalue weighted by molar-refractivity contribution is 5.75. The Bertz CT molecular complexity index is 225. The van der Waals surface area contributed by atoms with Crippen molar-refractivity contribution in [3.63, 3.8) is 0 Å². The van der Waals surface area contributed by atoms with E-state index in [1.54, 1.807) is 0 Å². The van der Waals surface area contributed by atoms with Crippen LogP contribution >= 0.6 is 0 Å². The molecule has 6 nitrogen and oxygen atoms in total. The second kappa shape index (κ2) is 4.77. The van der Waals surface area contributed by atoms with Crippen molar-refractivity contribution in [3.8, 4) is 6.07 Å². The van der Waals surface area contributed by atoms with Gasteiger partial charge in [0.1, 0.15) is 0 Å². The lowest BCUT2D eigenvalue weighted by atomic mass is 10.2. The van der Waals surface area contributed by atoms with Crippen LogP contribution in [-0.2, 0) is 9.63 Å². The molecule has 1 saturated heterocycles. The molecule has 1 fully saturated rings. The van der Waals surface area contributed by atoms with Gasteiger partial charge in [-0.3, -0.25) is 14.9 Å². The first-order valence-corrected chi connectivity index (χ1v) is 4.02. The Hall–Kier alpha value is -1.16. The summed E-state index contributed by atoms with van der Waals surface area (Å²) in [7, 11) is 0. The number of primary amides is 1. The maximum absolute atomic E-state index is 10.3. The van der Waals surface area contributed by atoms with Gasteiger partial charge in [-0.1, -0.05) is 0 Å². The van der Waals surface area contributed by atoms with Crippen molar-refractivity contribution < 1.29 is 9.63 Å². The van der Waals surface area contributed by atoms with Crippen LogP contribution in [0.3, 0.4) is 0 Å². The smallest absolute Gasteiger partial charge is 0.233 e. The Morgan fingerprint density at radius 2 is 2.62 bits per heavy atom. The van der Waals surface area contributed by atoms with Gasteiger partial charge in [0, 0.05) is 13.0 Å². The Labute approximate surface area is 76.0 Å². The second-order valence-electron chi connectivity index (χ2n) is 2.85. The average molecular weight is 184 g/mol. The number of hydroxylamine groups is 1. The molecule has 0 aromatic carbocycles. The Balaban J connectivity index is 2.11. The van der Waals surface area contributed by atoms with Crippen LogP contribution in [0.1, 0.15) is 6.42 Å². The number of rotatable bonds is 4. The monoisotopic (exact) mass is 184 g/mol. The van der Waals surface area contributed by atoms with E-state index >= 15 is 0 Å². The number of nitrogens with one attached hydrogen (secondary N) is 2. The number of hydrogen-bond donors (Lipinski definition) is 3. The molecule has 1 aliphatic heterocycles. The lowest BCUT2D eigenvalue weighted by Gasteiger charge is -2.08. The molecule has 0 saturated carbocycles. The summed E-state index contributed by atoms with van der Waals surface area (Å²) in [6.07, 6.45) is 0.562. The lowest BCUT2D eigenvalue weighted by molar-refractivity contribution is -0.120. The fraction of sp³-hybridized carbons (Fsp3) is 0.714. The molecule has 1 heterocycles. The molecule has 1 rings (SSSR count). The molecule has 0 aromatic heterocycles. The summed E-state index contributed by atoms with van der Waals surface area (Å²) >= 11 is 0. The quantitative estimate of drug-likeness (QED) is 0.450. The van der Waals surface area contributed by atoms with Gasteiger partial charge >= 0.3 is 0 Å². The number of nitrogens with zero attached hydrogens (tertiary/aromatic N) is 1. The first kappa shape index (κ1) is 9.92. The predicted octanol–water partition coefficient (Wildman–Crippen LogP) is -1.75. The zero-order valence-electron chi connectivity index (χ0n) is 7.12. The van der Waals surface area contributed by atoms with Crippen molar-refractivity contribution in [3.05, 3.63) is 0 Å². The van der Waals surface area contributed by atoms with E-state index in [0.29, 0.717) is 13.0 Å². The fourth-order valence-electron chi connectivity index (χ4n) is 1.12. The van der Waals surface area contributed by atoms with Crippen LogP contribution in [0.25, 0.3) is 0 Å². The summed E-state index contributed by atoms with van der Waals surface area (Å²) in [5, 5.41) is 11.5. The fourth-order valence-corrected chi connectivity index (χ4v) is 1.12. The molecule has 6 heteroatoms. The van der Waals surface area contributed by atoms with Crippen molar-refractivity contribution in [2.24, 2.45) is 5.73 Å². The number of amides is 1. The van der Waals surface area contributed by atoms with Crippen molar-refractivity contribution in [2.45, 2.75) is 18.6 Å². The van der Waals surface area contributed by atoms with Crippen LogP contribution in [0.4, 0.5) is 0 Å². The number of nitrogens with two attached hydrogens (primary N) is 1. The summed E-state index contributed by atoms with van der Waals surface area (Å²) in [5.41, 5.74) is 7.33. The molecular weight excluding hydrogens is 172 g/mol. The van der Waals surface area contributed by atoms with Crippen LogP contribution in [0.5, 0.6) is 0 Å². The molecular formula is C7H12N4O2. The topological polar surface area (TPSA) is 100 Å². The number of carbonyl (C=O) groups is 1. The lowest BCUT2D eigenvalue weighted by Crippen LogP contribution is -2.33. The van der Waals surface area contributed by atoms with Gasteiger partial charge in [-0.2, -0.15) is 10.7 Å². The van der Waals surface area contributed by atoms with E-state index in [-0.39, 0.29) is 18.7 Å². The molecule has 0 spiro atoms. The third kappa shape index (κ3) is 3.38. The highest BCUT2D eigenvalue weighted by Crippen LogP contribution is 2.07. The third-order valence-electron chi connectivity index (χ3n) is 1.74. The minimum atomic E-state index is -0.470. The zero-order chi connectivity index (χ0) is 9.68. The summed E-state index contributed by atoms with van der Waals surface area (Å²) in [5.74, 6) is -0.470. The minimum absolute atomic E-state index is 0.00623. The zero-order valence-corrected chi connectivity index (χ0v) is 7.12. The molecule has 0 aliphatic carbocycles. The first-order valence-electron chi connectivity index (χ1n) is 4.02. The number of hydrogen-bond acceptors (Lipinski definition) is 5. The summed E-state index contributed by atoms with van der Waals surface area (Å²) in [6.45, 7) is 0.609. The van der Waals surface area contributed by atoms with Crippen LogP contribution < -0.4 is 16.5 Å². The van der Waals surface area contributed by atoms with Gasteiger partial charge in [-0.05, 0) is 0 Å². The van der Waals surface area contributed by atoms with E-state index < -0.39 is 5.91 Å². The van der Waals surface area contributed by atoms with Gasteiger partial charge in [0.25, 0.3) is 0 Å². The maximum Gasteiger partial charge on any atom is 0.233 e. The molecule has 72 valence electrons. The van der Waals surface area contributed by atoms with Crippen molar-refractivity contribution in [1.29, 1.82) is 5.26 Å². The van der Waals surface area contributed by atoms with Gasteiger partial charge in [0.2, 0.25) is 5.91 Å². The standard InChI is InChI=1S/C7H12N4O2/c8-2-5-1-6(3-10-5)13-11-4-7(9)12/h5-6,10-11H,1,3-4H2,(H2,9,12)/t5-,6+/m0/s1. The van der Waals surface area contributed by atoms with E-state index in [9.17, 15) is 4.79 Å². The molecule has 1 aliphatic rings. The Morgan fingerprint density at radius 1 is 1.85 bits per heavy atom. The largest absolute Gasteiger partial charge is 0.368 e. The molecule has 0 aromatic rings. The van der Waals surface area contributed by atoms with E-state index in [1.807, 2.05) is 0 Å². The second-order valence-corrected chi connectivity index (χ2v) is 2.85. The molecule has 1 amide bonds. The van der Waals surface area contributed by atoms with Crippen molar-refractivity contribution in [1.82, 2.24) is 10.8 Å². The van der Waals surface area contributed by atoms with Crippen LogP contribution in [0.15, 0.2) is 0 Å². The molecule has 2 atom stereocenters. The van der Waals surface area contributed by atoms with Crippen LogP contribution in [-0.4, -0.2) is 31.1 Å². The third-order valence-corrected chi connectivity index (χ3v) is 1.74. The molecule has 0 unspecified atom stereocenters. The Kier molecular flexibility index (Phi) is 3.64. The predicted molar refractivity (Wildman–Crippen MR) is 44.1 cm³/mol. The van der Waals surface area contributed by atoms with Gasteiger partial charge in [0.05, 0.1) is 24.8 Å². The SMILES string of the molecule is N#C[C@@H]1C[C@@H](ONCC(N)=O)CN1. The van der Waals surface area contributed by atoms with E-state index in [2.05, 4.69) is 16.9 Å². The number of carbonyl (C=O) groups excluding carboxylic acids is 1. The number of nitriles is 1. The highest BCUT2D eigenvalue weighted by atomic mass is 16.7. The molecule has 4 N–H and O–H groups in total. The minimum Gasteiger partial charge on any atom is -0.368 e. The van der Waals surface area contributed by atoms with E-state index in [0.717, 1.165) is 0 Å². The maximum atomic E-state index is 10.3.